The molecule has 0 bridgehead atoms. The van der Waals surface area contributed by atoms with Crippen molar-refractivity contribution in [2.75, 3.05) is 0 Å². The van der Waals surface area contributed by atoms with Crippen LogP contribution in [0.25, 0.3) is 0 Å². The van der Waals surface area contributed by atoms with Crippen LogP contribution < -0.4 is 0 Å². The van der Waals surface area contributed by atoms with E-state index in [1.165, 1.54) is 24.8 Å². The molecule has 1 aromatic carbocycles. The van der Waals surface area contributed by atoms with Crippen molar-refractivity contribution in [1.82, 2.24) is 0 Å². The molecular weight excluding hydrogens is 252 g/mol. The van der Waals surface area contributed by atoms with E-state index in [1.807, 2.05) is 0 Å². The number of rotatable bonds is 8. The highest BCUT2D eigenvalue weighted by atomic mass is 16.6. The number of aryl methyl sites for hydroxylation is 1. The Morgan fingerprint density at radius 2 is 1.75 bits per heavy atom. The number of aliphatic hydroxyl groups excluding tert-OH is 1. The van der Waals surface area contributed by atoms with Crippen molar-refractivity contribution < 1.29 is 14.6 Å². The highest BCUT2D eigenvalue weighted by Crippen LogP contribution is 2.24. The van der Waals surface area contributed by atoms with Crippen LogP contribution >= 0.6 is 0 Å². The molecule has 1 aliphatic heterocycles. The Balaban J connectivity index is 1.47. The van der Waals surface area contributed by atoms with Crippen molar-refractivity contribution in [1.29, 1.82) is 0 Å². The summed E-state index contributed by atoms with van der Waals surface area (Å²) in [5.41, 5.74) is 1.41. The van der Waals surface area contributed by atoms with Gasteiger partial charge in [-0.1, -0.05) is 56.0 Å². The van der Waals surface area contributed by atoms with Gasteiger partial charge in [0, 0.05) is 6.42 Å². The SMILES string of the molecule is O=C1OC(O)CC1CCCCCCCc1ccccc1. The summed E-state index contributed by atoms with van der Waals surface area (Å²) < 4.78 is 4.73. The van der Waals surface area contributed by atoms with Gasteiger partial charge in [-0.25, -0.2) is 0 Å². The van der Waals surface area contributed by atoms with Crippen molar-refractivity contribution in [2.24, 2.45) is 5.92 Å². The van der Waals surface area contributed by atoms with E-state index in [0.29, 0.717) is 6.42 Å². The summed E-state index contributed by atoms with van der Waals surface area (Å²) in [4.78, 5) is 11.3. The van der Waals surface area contributed by atoms with Crippen LogP contribution in [-0.4, -0.2) is 17.4 Å². The number of aliphatic hydroxyl groups is 1. The first kappa shape index (κ1) is 15.0. The van der Waals surface area contributed by atoms with Gasteiger partial charge in [-0.3, -0.25) is 4.79 Å². The summed E-state index contributed by atoms with van der Waals surface area (Å²) in [6.45, 7) is 0. The molecule has 1 aliphatic rings. The number of benzene rings is 1. The third-order valence-corrected chi connectivity index (χ3v) is 3.93. The number of cyclic esters (lactones) is 1. The number of hydrogen-bond donors (Lipinski definition) is 1. The lowest BCUT2D eigenvalue weighted by Gasteiger charge is -2.05. The monoisotopic (exact) mass is 276 g/mol. The number of ether oxygens (including phenoxy) is 1. The Bertz CT molecular complexity index is 402. The lowest BCUT2D eigenvalue weighted by atomic mass is 9.98. The second kappa shape index (κ2) is 8.05. The van der Waals surface area contributed by atoms with Gasteiger partial charge in [-0.05, 0) is 24.8 Å². The maximum Gasteiger partial charge on any atom is 0.311 e. The fourth-order valence-corrected chi connectivity index (χ4v) is 2.75. The van der Waals surface area contributed by atoms with Gasteiger partial charge in [-0.15, -0.1) is 0 Å². The molecule has 110 valence electrons. The summed E-state index contributed by atoms with van der Waals surface area (Å²) in [6, 6.07) is 10.6. The van der Waals surface area contributed by atoms with Crippen LogP contribution in [0.5, 0.6) is 0 Å². The third-order valence-electron chi connectivity index (χ3n) is 3.93. The van der Waals surface area contributed by atoms with E-state index >= 15 is 0 Å². The summed E-state index contributed by atoms with van der Waals surface area (Å²) in [5.74, 6) is -0.295. The van der Waals surface area contributed by atoms with E-state index in [4.69, 9.17) is 4.74 Å². The Morgan fingerprint density at radius 1 is 1.05 bits per heavy atom. The van der Waals surface area contributed by atoms with Gasteiger partial charge >= 0.3 is 5.97 Å². The van der Waals surface area contributed by atoms with Crippen molar-refractivity contribution in [3.63, 3.8) is 0 Å². The Hall–Kier alpha value is -1.35. The topological polar surface area (TPSA) is 46.5 Å². The van der Waals surface area contributed by atoms with Crippen LogP contribution in [0.1, 0.15) is 50.5 Å². The Labute approximate surface area is 121 Å². The fourth-order valence-electron chi connectivity index (χ4n) is 2.75. The molecule has 1 fully saturated rings. The zero-order valence-electron chi connectivity index (χ0n) is 12.0. The quantitative estimate of drug-likeness (QED) is 0.584. The average Bonchev–Trinajstić information content (AvgIpc) is 2.77. The van der Waals surface area contributed by atoms with E-state index in [9.17, 15) is 9.90 Å². The first-order valence-corrected chi connectivity index (χ1v) is 7.68. The number of carbonyl (C=O) groups is 1. The molecule has 1 N–H and O–H groups in total. The number of esters is 1. The van der Waals surface area contributed by atoms with Crippen molar-refractivity contribution in [2.45, 2.75) is 57.7 Å². The highest BCUT2D eigenvalue weighted by Gasteiger charge is 2.32. The van der Waals surface area contributed by atoms with Gasteiger partial charge in [0.05, 0.1) is 5.92 Å². The lowest BCUT2D eigenvalue weighted by Crippen LogP contribution is -2.07. The molecule has 0 amide bonds. The van der Waals surface area contributed by atoms with E-state index in [-0.39, 0.29) is 11.9 Å². The molecular formula is C17H24O3. The molecule has 0 aliphatic carbocycles. The van der Waals surface area contributed by atoms with E-state index in [1.54, 1.807) is 0 Å². The normalized spacial score (nSPS) is 21.9. The van der Waals surface area contributed by atoms with Crippen LogP contribution in [0.2, 0.25) is 0 Å². The summed E-state index contributed by atoms with van der Waals surface area (Å²) in [6.07, 6.45) is 7.53. The fraction of sp³-hybridized carbons (Fsp3) is 0.588. The molecule has 1 heterocycles. The summed E-state index contributed by atoms with van der Waals surface area (Å²) in [7, 11) is 0. The number of unbranched alkanes of at least 4 members (excludes halogenated alkanes) is 4. The predicted molar refractivity (Wildman–Crippen MR) is 78.1 cm³/mol. The van der Waals surface area contributed by atoms with Crippen molar-refractivity contribution in [3.05, 3.63) is 35.9 Å². The van der Waals surface area contributed by atoms with Crippen molar-refractivity contribution >= 4 is 5.97 Å². The van der Waals surface area contributed by atoms with Crippen LogP contribution in [0.4, 0.5) is 0 Å². The van der Waals surface area contributed by atoms with Crippen LogP contribution in [-0.2, 0) is 16.0 Å². The van der Waals surface area contributed by atoms with Gasteiger partial charge in [-0.2, -0.15) is 0 Å². The standard InChI is InChI=1S/C17H24O3/c18-16-13-15(17(19)20-16)12-8-3-1-2-5-9-14-10-6-4-7-11-14/h4,6-7,10-11,15-16,18H,1-3,5,8-9,12-13H2. The molecule has 0 saturated carbocycles. The van der Waals surface area contributed by atoms with Crippen LogP contribution in [0.15, 0.2) is 30.3 Å². The maximum atomic E-state index is 11.3. The Kier molecular flexibility index (Phi) is 6.06. The molecule has 0 spiro atoms. The van der Waals surface area contributed by atoms with Gasteiger partial charge in [0.1, 0.15) is 0 Å². The molecule has 3 heteroatoms. The van der Waals surface area contributed by atoms with E-state index < -0.39 is 6.29 Å². The molecule has 0 aromatic heterocycles. The minimum Gasteiger partial charge on any atom is -0.436 e. The summed E-state index contributed by atoms with van der Waals surface area (Å²) >= 11 is 0. The molecule has 0 radical (unpaired) electrons. The third kappa shape index (κ3) is 4.97. The van der Waals surface area contributed by atoms with Gasteiger partial charge < -0.3 is 9.84 Å². The maximum absolute atomic E-state index is 11.3. The second-order valence-corrected chi connectivity index (χ2v) is 5.62. The zero-order valence-corrected chi connectivity index (χ0v) is 12.0. The number of hydrogen-bond acceptors (Lipinski definition) is 3. The van der Waals surface area contributed by atoms with Gasteiger partial charge in [0.25, 0.3) is 0 Å². The minimum absolute atomic E-state index is 0.0747. The predicted octanol–water partition coefficient (Wildman–Crippen LogP) is 3.45. The molecule has 2 rings (SSSR count). The largest absolute Gasteiger partial charge is 0.436 e. The Morgan fingerprint density at radius 3 is 2.45 bits per heavy atom. The van der Waals surface area contributed by atoms with Crippen LogP contribution in [0, 0.1) is 5.92 Å². The zero-order chi connectivity index (χ0) is 14.2. The molecule has 1 aromatic rings. The molecule has 2 atom stereocenters. The molecule has 2 unspecified atom stereocenters. The van der Waals surface area contributed by atoms with Gasteiger partial charge in [0.2, 0.25) is 6.29 Å². The second-order valence-electron chi connectivity index (χ2n) is 5.62. The van der Waals surface area contributed by atoms with Crippen molar-refractivity contribution in [3.8, 4) is 0 Å². The molecule has 1 saturated heterocycles. The van der Waals surface area contributed by atoms with E-state index in [0.717, 1.165) is 25.7 Å². The summed E-state index contributed by atoms with van der Waals surface area (Å²) in [5, 5.41) is 9.21. The molecule has 3 nitrogen and oxygen atoms in total. The highest BCUT2D eigenvalue weighted by molar-refractivity contribution is 5.74. The first-order valence-electron chi connectivity index (χ1n) is 7.68. The number of carbonyl (C=O) groups excluding carboxylic acids is 1. The average molecular weight is 276 g/mol. The van der Waals surface area contributed by atoms with E-state index in [2.05, 4.69) is 30.3 Å². The van der Waals surface area contributed by atoms with Gasteiger partial charge in [0.15, 0.2) is 0 Å². The first-order chi connectivity index (χ1) is 9.75. The smallest absolute Gasteiger partial charge is 0.311 e. The molecule has 20 heavy (non-hydrogen) atoms. The van der Waals surface area contributed by atoms with Crippen LogP contribution in [0.3, 0.4) is 0 Å². The minimum atomic E-state index is -0.863. The lowest BCUT2D eigenvalue weighted by molar-refractivity contribution is -0.155.